The van der Waals surface area contributed by atoms with Crippen LogP contribution in [0.25, 0.3) is 16.9 Å². The van der Waals surface area contributed by atoms with E-state index in [0.29, 0.717) is 30.0 Å². The Bertz CT molecular complexity index is 1350. The molecule has 1 aliphatic heterocycles. The topological polar surface area (TPSA) is 71.1 Å². The minimum Gasteiger partial charge on any atom is -0.376 e. The van der Waals surface area contributed by atoms with E-state index in [0.717, 1.165) is 24.0 Å². The lowest BCUT2D eigenvalue weighted by Crippen LogP contribution is -2.42. The van der Waals surface area contributed by atoms with Crippen LogP contribution in [0.3, 0.4) is 0 Å². The van der Waals surface area contributed by atoms with Gasteiger partial charge in [0, 0.05) is 13.2 Å². The van der Waals surface area contributed by atoms with Crippen LogP contribution in [0.5, 0.6) is 0 Å². The third-order valence-corrected chi connectivity index (χ3v) is 5.93. The quantitative estimate of drug-likeness (QED) is 0.502. The normalized spacial score (nSPS) is 16.2. The highest BCUT2D eigenvalue weighted by Gasteiger charge is 2.23. The Morgan fingerprint density at radius 2 is 1.84 bits per heavy atom. The Kier molecular flexibility index (Phi) is 5.03. The second-order valence-electron chi connectivity index (χ2n) is 7.98. The minimum atomic E-state index is -0.389. The fraction of sp³-hybridized carbons (Fsp3) is 0.292. The van der Waals surface area contributed by atoms with Crippen LogP contribution >= 0.6 is 0 Å². The molecule has 158 valence electrons. The fourth-order valence-electron chi connectivity index (χ4n) is 4.23. The maximum absolute atomic E-state index is 13.5. The lowest BCUT2D eigenvalue weighted by molar-refractivity contribution is 0.0950. The molecule has 0 bridgehead atoms. The van der Waals surface area contributed by atoms with Gasteiger partial charge in [0.05, 0.1) is 24.7 Å². The Labute approximate surface area is 179 Å². The number of imidazole rings is 1. The molecule has 3 heterocycles. The van der Waals surface area contributed by atoms with Crippen molar-refractivity contribution in [1.82, 2.24) is 18.7 Å². The zero-order valence-corrected chi connectivity index (χ0v) is 17.4. The van der Waals surface area contributed by atoms with Crippen molar-refractivity contribution in [1.29, 1.82) is 0 Å². The van der Waals surface area contributed by atoms with Gasteiger partial charge >= 0.3 is 5.69 Å². The average molecular weight is 416 g/mol. The predicted molar refractivity (Wildman–Crippen MR) is 119 cm³/mol. The number of hydrogen-bond donors (Lipinski definition) is 0. The molecule has 7 heteroatoms. The largest absolute Gasteiger partial charge is 0.376 e. The number of nitrogens with zero attached hydrogens (tertiary/aromatic N) is 4. The predicted octanol–water partition coefficient (Wildman–Crippen LogP) is 2.88. The molecular weight excluding hydrogens is 392 g/mol. The maximum atomic E-state index is 13.5. The van der Waals surface area contributed by atoms with E-state index in [1.54, 1.807) is 6.33 Å². The molecule has 4 aromatic rings. The summed E-state index contributed by atoms with van der Waals surface area (Å²) in [5.41, 5.74) is 3.00. The number of fused-ring (bicyclic) bond motifs is 1. The molecule has 0 unspecified atom stereocenters. The van der Waals surface area contributed by atoms with Gasteiger partial charge < -0.3 is 9.30 Å². The van der Waals surface area contributed by atoms with Crippen LogP contribution in [0.15, 0.2) is 70.5 Å². The summed E-state index contributed by atoms with van der Waals surface area (Å²) in [6.45, 7) is 3.46. The summed E-state index contributed by atoms with van der Waals surface area (Å²) in [4.78, 5) is 31.4. The van der Waals surface area contributed by atoms with Gasteiger partial charge in [-0.3, -0.25) is 9.36 Å². The van der Waals surface area contributed by atoms with Crippen molar-refractivity contribution in [3.8, 4) is 5.69 Å². The molecule has 1 atom stereocenters. The van der Waals surface area contributed by atoms with E-state index >= 15 is 0 Å². The van der Waals surface area contributed by atoms with Crippen LogP contribution < -0.4 is 11.2 Å². The Balaban J connectivity index is 1.73. The van der Waals surface area contributed by atoms with Crippen LogP contribution in [0.4, 0.5) is 0 Å². The molecule has 0 aliphatic carbocycles. The van der Waals surface area contributed by atoms with Gasteiger partial charge in [-0.2, -0.15) is 0 Å². The summed E-state index contributed by atoms with van der Waals surface area (Å²) in [6, 6.07) is 17.4. The molecule has 0 amide bonds. The SMILES string of the molecule is Cc1ccccc1Cn1cnc2c1c(=O)n(C[C@H]1CCCO1)c(=O)n2-c1ccccc1. The zero-order valence-electron chi connectivity index (χ0n) is 17.4. The van der Waals surface area contributed by atoms with E-state index in [4.69, 9.17) is 4.74 Å². The number of benzene rings is 2. The third kappa shape index (κ3) is 3.51. The molecule has 0 spiro atoms. The first-order valence-corrected chi connectivity index (χ1v) is 10.6. The molecule has 1 fully saturated rings. The summed E-state index contributed by atoms with van der Waals surface area (Å²) in [5.74, 6) is 0. The highest BCUT2D eigenvalue weighted by molar-refractivity contribution is 5.72. The lowest BCUT2D eigenvalue weighted by Gasteiger charge is -2.15. The number of para-hydroxylation sites is 1. The molecule has 0 radical (unpaired) electrons. The van der Waals surface area contributed by atoms with Gasteiger partial charge in [-0.25, -0.2) is 14.3 Å². The van der Waals surface area contributed by atoms with Gasteiger partial charge in [-0.05, 0) is 43.0 Å². The molecule has 1 aliphatic rings. The monoisotopic (exact) mass is 416 g/mol. The second kappa shape index (κ2) is 8.00. The standard InChI is InChI=1S/C24H24N4O3/c1-17-8-5-6-9-18(17)14-26-16-25-22-21(26)23(29)27(15-20-12-7-13-31-20)24(30)28(22)19-10-3-2-4-11-19/h2-6,8-11,16,20H,7,12-15H2,1H3/t20-/m1/s1. The van der Waals surface area contributed by atoms with Gasteiger partial charge in [-0.15, -0.1) is 0 Å². The molecule has 2 aromatic heterocycles. The summed E-state index contributed by atoms with van der Waals surface area (Å²) in [5, 5.41) is 0. The van der Waals surface area contributed by atoms with E-state index < -0.39 is 0 Å². The van der Waals surface area contributed by atoms with Crippen LogP contribution in [0.1, 0.15) is 24.0 Å². The smallest absolute Gasteiger partial charge is 0.337 e. The first-order chi connectivity index (χ1) is 15.1. The van der Waals surface area contributed by atoms with E-state index in [1.165, 1.54) is 9.13 Å². The Morgan fingerprint density at radius 3 is 2.58 bits per heavy atom. The first kappa shape index (κ1) is 19.5. The highest BCUT2D eigenvalue weighted by Crippen LogP contribution is 2.17. The molecule has 0 saturated carbocycles. The van der Waals surface area contributed by atoms with Gasteiger partial charge in [0.2, 0.25) is 0 Å². The van der Waals surface area contributed by atoms with Crippen molar-refractivity contribution in [2.45, 2.75) is 39.0 Å². The lowest BCUT2D eigenvalue weighted by atomic mass is 10.1. The van der Waals surface area contributed by atoms with Crippen LogP contribution in [-0.4, -0.2) is 31.4 Å². The summed E-state index contributed by atoms with van der Waals surface area (Å²) in [7, 11) is 0. The summed E-state index contributed by atoms with van der Waals surface area (Å²) < 4.78 is 10.4. The van der Waals surface area contributed by atoms with Gasteiger partial charge in [0.1, 0.15) is 0 Å². The first-order valence-electron chi connectivity index (χ1n) is 10.6. The number of ether oxygens (including phenoxy) is 1. The second-order valence-corrected chi connectivity index (χ2v) is 7.98. The molecular formula is C24H24N4O3. The number of hydrogen-bond acceptors (Lipinski definition) is 4. The molecule has 7 nitrogen and oxygen atoms in total. The maximum Gasteiger partial charge on any atom is 0.337 e. The average Bonchev–Trinajstić information content (AvgIpc) is 3.44. The highest BCUT2D eigenvalue weighted by atomic mass is 16.5. The van der Waals surface area contributed by atoms with E-state index in [2.05, 4.69) is 4.98 Å². The number of aromatic nitrogens is 4. The molecule has 0 N–H and O–H groups in total. The van der Waals surface area contributed by atoms with E-state index in [1.807, 2.05) is 66.1 Å². The third-order valence-electron chi connectivity index (χ3n) is 5.93. The van der Waals surface area contributed by atoms with Gasteiger partial charge in [-0.1, -0.05) is 42.5 Å². The summed E-state index contributed by atoms with van der Waals surface area (Å²) >= 11 is 0. The van der Waals surface area contributed by atoms with E-state index in [-0.39, 0.29) is 23.9 Å². The molecule has 2 aromatic carbocycles. The van der Waals surface area contributed by atoms with Crippen molar-refractivity contribution in [2.24, 2.45) is 0 Å². The fourth-order valence-corrected chi connectivity index (χ4v) is 4.23. The van der Waals surface area contributed by atoms with Crippen molar-refractivity contribution < 1.29 is 4.74 Å². The van der Waals surface area contributed by atoms with Gasteiger partial charge in [0.25, 0.3) is 5.56 Å². The minimum absolute atomic E-state index is 0.125. The summed E-state index contributed by atoms with van der Waals surface area (Å²) in [6.07, 6.45) is 3.31. The molecule has 31 heavy (non-hydrogen) atoms. The van der Waals surface area contributed by atoms with Crippen molar-refractivity contribution in [3.05, 3.63) is 92.9 Å². The van der Waals surface area contributed by atoms with Crippen molar-refractivity contribution in [3.63, 3.8) is 0 Å². The van der Waals surface area contributed by atoms with Crippen LogP contribution in [0, 0.1) is 6.92 Å². The van der Waals surface area contributed by atoms with Crippen LogP contribution in [0.2, 0.25) is 0 Å². The van der Waals surface area contributed by atoms with E-state index in [9.17, 15) is 9.59 Å². The Hall–Kier alpha value is -3.45. The van der Waals surface area contributed by atoms with Gasteiger partial charge in [0.15, 0.2) is 11.2 Å². The van der Waals surface area contributed by atoms with Crippen molar-refractivity contribution in [2.75, 3.05) is 6.61 Å². The molecule has 1 saturated heterocycles. The van der Waals surface area contributed by atoms with Crippen LogP contribution in [-0.2, 0) is 17.8 Å². The zero-order chi connectivity index (χ0) is 21.4. The number of aryl methyl sites for hydroxylation is 1. The van der Waals surface area contributed by atoms with Crippen molar-refractivity contribution >= 4 is 11.2 Å². The molecule has 5 rings (SSSR count). The Morgan fingerprint density at radius 1 is 1.06 bits per heavy atom. The number of rotatable bonds is 5.